The van der Waals surface area contributed by atoms with Gasteiger partial charge in [0.2, 0.25) is 0 Å². The number of benzene rings is 2. The van der Waals surface area contributed by atoms with E-state index in [4.69, 9.17) is 0 Å². The van der Waals surface area contributed by atoms with Crippen molar-refractivity contribution in [1.82, 2.24) is 0 Å². The smallest absolute Gasteiger partial charge is 0.298 e. The lowest BCUT2D eigenvalue weighted by molar-refractivity contribution is -0.109. The quantitative estimate of drug-likeness (QED) is 0.442. The van der Waals surface area contributed by atoms with Gasteiger partial charge in [-0.3, -0.25) is 19.2 Å². The summed E-state index contributed by atoms with van der Waals surface area (Å²) in [5.74, 6) is -0.280. The molecule has 0 aromatic heterocycles. The van der Waals surface area contributed by atoms with Crippen molar-refractivity contribution in [2.24, 2.45) is 0 Å². The number of sulfonamides is 1. The number of alkyl halides is 3. The number of nitrogens with one attached hydrogen (secondary N) is 1. The number of anilines is 2. The van der Waals surface area contributed by atoms with Crippen molar-refractivity contribution in [2.45, 2.75) is 38.0 Å². The van der Waals surface area contributed by atoms with Crippen LogP contribution in [0.15, 0.2) is 53.4 Å². The molecule has 6 nitrogen and oxygen atoms in total. The molecule has 0 aliphatic carbocycles. The van der Waals surface area contributed by atoms with E-state index in [1.54, 1.807) is 13.8 Å². The molecule has 2 aromatic rings. The molecule has 0 saturated heterocycles. The van der Waals surface area contributed by atoms with Crippen LogP contribution in [0.3, 0.4) is 0 Å². The van der Waals surface area contributed by atoms with E-state index in [0.717, 1.165) is 40.3 Å². The van der Waals surface area contributed by atoms with Crippen LogP contribution in [-0.2, 0) is 14.8 Å². The van der Waals surface area contributed by atoms with E-state index in [-0.39, 0.29) is 27.2 Å². The number of nitrogens with zero attached hydrogens (tertiary/aromatic N) is 1. The minimum absolute atomic E-state index is 0.0147. The summed E-state index contributed by atoms with van der Waals surface area (Å²) in [6, 6.07) is 9.64. The minimum Gasteiger partial charge on any atom is -0.298 e. The number of carbonyl (C=O) groups excluding carboxylic acids is 2. The normalized spacial score (nSPS) is 12.0. The zero-order chi connectivity index (χ0) is 23.4. The molecule has 0 radical (unpaired) electrons. The summed E-state index contributed by atoms with van der Waals surface area (Å²) in [6.07, 6.45) is -4.63. The highest BCUT2D eigenvalue weighted by atomic mass is 32.2. The van der Waals surface area contributed by atoms with E-state index in [1.807, 2.05) is 0 Å². The van der Waals surface area contributed by atoms with Gasteiger partial charge in [0.1, 0.15) is 0 Å². The number of hydrogen-bond acceptors (Lipinski definition) is 6. The molecule has 0 amide bonds. The Labute approximate surface area is 182 Å². The van der Waals surface area contributed by atoms with Crippen molar-refractivity contribution in [3.63, 3.8) is 0 Å². The lowest BCUT2D eigenvalue weighted by Crippen LogP contribution is -2.37. The molecule has 0 fully saturated rings. The average molecular weight is 475 g/mol. The molecule has 0 bridgehead atoms. The number of ketones is 1. The second kappa shape index (κ2) is 9.73. The molecular weight excluding hydrogens is 453 g/mol. The zero-order valence-electron chi connectivity index (χ0n) is 16.9. The van der Waals surface area contributed by atoms with E-state index in [1.165, 1.54) is 36.5 Å². The Morgan fingerprint density at radius 1 is 1.03 bits per heavy atom. The minimum atomic E-state index is -4.63. The van der Waals surface area contributed by atoms with Gasteiger partial charge in [-0.25, -0.2) is 8.42 Å². The SMILES string of the molecule is CC(=O)SCC(=O)c1ccc(N(C(C)C)S(=O)(=O)c2ccc(NC(F)(F)F)cc2)cc1. The highest BCUT2D eigenvalue weighted by Gasteiger charge is 2.29. The Morgan fingerprint density at radius 2 is 1.58 bits per heavy atom. The number of rotatable bonds is 8. The fraction of sp³-hybridized carbons (Fsp3) is 0.300. The van der Waals surface area contributed by atoms with Crippen molar-refractivity contribution in [3.8, 4) is 0 Å². The molecule has 1 N–H and O–H groups in total. The average Bonchev–Trinajstić information content (AvgIpc) is 2.65. The first-order valence-corrected chi connectivity index (χ1v) is 11.5. The van der Waals surface area contributed by atoms with Crippen molar-refractivity contribution >= 4 is 44.1 Å². The van der Waals surface area contributed by atoms with Gasteiger partial charge in [0.05, 0.1) is 16.3 Å². The molecule has 2 rings (SSSR count). The number of hydrogen-bond donors (Lipinski definition) is 1. The molecule has 0 aliphatic rings. The first-order valence-electron chi connectivity index (χ1n) is 9.07. The van der Waals surface area contributed by atoms with Crippen molar-refractivity contribution < 1.29 is 31.2 Å². The van der Waals surface area contributed by atoms with Crippen molar-refractivity contribution in [2.75, 3.05) is 15.4 Å². The maximum absolute atomic E-state index is 13.1. The fourth-order valence-electron chi connectivity index (χ4n) is 2.75. The van der Waals surface area contributed by atoms with Crippen LogP contribution in [-0.4, -0.2) is 37.4 Å². The van der Waals surface area contributed by atoms with Gasteiger partial charge in [0.15, 0.2) is 10.9 Å². The Balaban J connectivity index is 2.30. The second-order valence-electron chi connectivity index (χ2n) is 6.79. The first kappa shape index (κ1) is 24.7. The van der Waals surface area contributed by atoms with E-state index in [2.05, 4.69) is 0 Å². The van der Waals surface area contributed by atoms with Crippen LogP contribution in [0.25, 0.3) is 0 Å². The fourth-order valence-corrected chi connectivity index (χ4v) is 4.91. The number of Topliss-reactive ketones (excluding diaryl/α,β-unsaturated/α-hetero) is 1. The summed E-state index contributed by atoms with van der Waals surface area (Å²) < 4.78 is 64.7. The van der Waals surface area contributed by atoms with E-state index in [9.17, 15) is 31.2 Å². The number of halogens is 3. The topological polar surface area (TPSA) is 83.6 Å². The molecule has 0 unspecified atom stereocenters. The third kappa shape index (κ3) is 6.73. The molecule has 2 aromatic carbocycles. The van der Waals surface area contributed by atoms with Gasteiger partial charge in [0.25, 0.3) is 10.0 Å². The molecular formula is C20H21F3N2O4S2. The third-order valence-electron chi connectivity index (χ3n) is 4.02. The largest absolute Gasteiger partial charge is 0.482 e. The summed E-state index contributed by atoms with van der Waals surface area (Å²) in [5, 5.41) is 1.13. The monoisotopic (exact) mass is 474 g/mol. The second-order valence-corrected chi connectivity index (χ2v) is 9.76. The Morgan fingerprint density at radius 3 is 2.03 bits per heavy atom. The van der Waals surface area contributed by atoms with Gasteiger partial charge >= 0.3 is 6.30 Å². The van der Waals surface area contributed by atoms with Gasteiger partial charge in [-0.2, -0.15) is 13.2 Å². The molecule has 0 saturated carbocycles. The van der Waals surface area contributed by atoms with Crippen LogP contribution < -0.4 is 9.62 Å². The zero-order valence-corrected chi connectivity index (χ0v) is 18.6. The summed E-state index contributed by atoms with van der Waals surface area (Å²) >= 11 is 0.885. The lowest BCUT2D eigenvalue weighted by atomic mass is 10.1. The van der Waals surface area contributed by atoms with Crippen molar-refractivity contribution in [3.05, 3.63) is 54.1 Å². The maximum Gasteiger partial charge on any atom is 0.482 e. The van der Waals surface area contributed by atoms with Gasteiger partial charge < -0.3 is 0 Å². The third-order valence-corrected chi connectivity index (χ3v) is 6.85. The summed E-state index contributed by atoms with van der Waals surface area (Å²) in [4.78, 5) is 23.0. The first-order chi connectivity index (χ1) is 14.3. The van der Waals surface area contributed by atoms with E-state index in [0.29, 0.717) is 11.3 Å². The van der Waals surface area contributed by atoms with Gasteiger partial charge in [-0.1, -0.05) is 11.8 Å². The van der Waals surface area contributed by atoms with Crippen LogP contribution in [0, 0.1) is 0 Å². The molecule has 11 heteroatoms. The molecule has 0 heterocycles. The molecule has 31 heavy (non-hydrogen) atoms. The highest BCUT2D eigenvalue weighted by Crippen LogP contribution is 2.28. The number of carbonyl (C=O) groups is 2. The molecule has 0 aliphatic heterocycles. The molecule has 0 atom stereocenters. The number of thioether (sulfide) groups is 1. The maximum atomic E-state index is 13.1. The highest BCUT2D eigenvalue weighted by molar-refractivity contribution is 8.14. The standard InChI is InChI=1S/C20H21F3N2O4S2/c1-13(2)25(17-8-4-15(5-9-17)19(27)12-30-14(3)26)31(28,29)18-10-6-16(7-11-18)24-20(21,22)23/h4-11,13,24H,12H2,1-3H3. The van der Waals surface area contributed by atoms with Gasteiger partial charge in [0, 0.05) is 24.2 Å². The summed E-state index contributed by atoms with van der Waals surface area (Å²) in [5.41, 5.74) is 0.346. The van der Waals surface area contributed by atoms with E-state index >= 15 is 0 Å². The summed E-state index contributed by atoms with van der Waals surface area (Å²) in [6.45, 7) is 4.66. The predicted molar refractivity (Wildman–Crippen MR) is 115 cm³/mol. The molecule has 0 spiro atoms. The van der Waals surface area contributed by atoms with Gasteiger partial charge in [-0.15, -0.1) is 0 Å². The van der Waals surface area contributed by atoms with Gasteiger partial charge in [-0.05, 0) is 62.4 Å². The Bertz CT molecular complexity index is 1040. The van der Waals surface area contributed by atoms with Crippen LogP contribution >= 0.6 is 11.8 Å². The van der Waals surface area contributed by atoms with Crippen molar-refractivity contribution in [1.29, 1.82) is 0 Å². The van der Waals surface area contributed by atoms with Crippen LogP contribution in [0.1, 0.15) is 31.1 Å². The predicted octanol–water partition coefficient (Wildman–Crippen LogP) is 4.68. The lowest BCUT2D eigenvalue weighted by Gasteiger charge is -2.28. The van der Waals surface area contributed by atoms with E-state index < -0.39 is 22.4 Å². The summed E-state index contributed by atoms with van der Waals surface area (Å²) in [7, 11) is -4.08. The Kier molecular flexibility index (Phi) is 7.77. The van der Waals surface area contributed by atoms with Crippen LogP contribution in [0.5, 0.6) is 0 Å². The van der Waals surface area contributed by atoms with Crippen LogP contribution in [0.2, 0.25) is 0 Å². The Hall–Kier alpha value is -2.53. The van der Waals surface area contributed by atoms with Crippen LogP contribution in [0.4, 0.5) is 24.5 Å². The molecule has 168 valence electrons.